The summed E-state index contributed by atoms with van der Waals surface area (Å²) in [5, 5.41) is 35.1. The molecule has 7 aromatic rings. The molecule has 0 spiro atoms. The first kappa shape index (κ1) is 42.9. The van der Waals surface area contributed by atoms with Crippen LogP contribution in [0.4, 0.5) is 51.2 Å². The summed E-state index contributed by atoms with van der Waals surface area (Å²) in [6, 6.07) is 43.4. The lowest BCUT2D eigenvalue weighted by molar-refractivity contribution is 0.102. The Bertz CT molecular complexity index is 2640. The van der Waals surface area contributed by atoms with E-state index in [1.54, 1.807) is 36.4 Å². The third-order valence-electron chi connectivity index (χ3n) is 10.3. The number of benzene rings is 7. The zero-order valence-corrected chi connectivity index (χ0v) is 35.8. The van der Waals surface area contributed by atoms with E-state index in [1.807, 2.05) is 133 Å². The lowest BCUT2D eigenvalue weighted by Crippen LogP contribution is -2.20. The van der Waals surface area contributed by atoms with Crippen LogP contribution in [0.5, 0.6) is 0 Å². The first-order valence-corrected chi connectivity index (χ1v) is 20.2. The molecule has 0 aliphatic heterocycles. The SMILES string of the molecule is Cc1ccccc1N=Nc1ccc(NC(=O)c2cc(C(=O)Nc3ccc(N=Nc4ccccc4C)cc3C)cc(C(=O)Nc3ccc(N=Nc4ccccc4C)cc3C)c2)c(C)c1. The maximum atomic E-state index is 14.0. The molecule has 7 aromatic carbocycles. The summed E-state index contributed by atoms with van der Waals surface area (Å²) in [5.41, 5.74) is 11.2. The fourth-order valence-electron chi connectivity index (χ4n) is 6.52. The van der Waals surface area contributed by atoms with E-state index in [9.17, 15) is 14.4 Å². The van der Waals surface area contributed by atoms with Crippen LogP contribution in [0, 0.1) is 41.5 Å². The summed E-state index contributed by atoms with van der Waals surface area (Å²) in [5.74, 6) is -1.56. The highest BCUT2D eigenvalue weighted by molar-refractivity contribution is 6.13. The van der Waals surface area contributed by atoms with Gasteiger partial charge in [0.05, 0.1) is 34.1 Å². The standard InChI is InChI=1S/C51H45N9O3/c1-31-13-7-10-16-46(31)58-55-40-19-22-43(34(4)25-40)52-49(61)37-28-38(50(62)53-44-23-20-41(26-35(44)5)56-59-47-17-11-8-14-32(47)2)30-39(29-37)51(63)54-45-24-21-42(27-36(45)6)57-60-48-18-12-9-15-33(48)3/h7-30H,1-6H3,(H,52,61)(H,53,62)(H,54,63). The second-order valence-electron chi connectivity index (χ2n) is 15.1. The van der Waals surface area contributed by atoms with Crippen LogP contribution in [0.2, 0.25) is 0 Å². The van der Waals surface area contributed by atoms with Crippen LogP contribution < -0.4 is 16.0 Å². The summed E-state index contributed by atoms with van der Waals surface area (Å²) >= 11 is 0. The van der Waals surface area contributed by atoms with Crippen LogP contribution in [0.1, 0.15) is 64.5 Å². The lowest BCUT2D eigenvalue weighted by atomic mass is 10.0. The van der Waals surface area contributed by atoms with Crippen molar-refractivity contribution in [3.05, 3.63) is 196 Å². The van der Waals surface area contributed by atoms with Crippen molar-refractivity contribution in [2.45, 2.75) is 41.5 Å². The Hall–Kier alpha value is -8.25. The van der Waals surface area contributed by atoms with Crippen molar-refractivity contribution in [3.8, 4) is 0 Å². The monoisotopic (exact) mass is 831 g/mol. The largest absolute Gasteiger partial charge is 0.322 e. The molecular formula is C51H45N9O3. The molecule has 0 bridgehead atoms. The van der Waals surface area contributed by atoms with Gasteiger partial charge >= 0.3 is 0 Å². The molecule has 3 N–H and O–H groups in total. The van der Waals surface area contributed by atoms with Crippen molar-refractivity contribution in [3.63, 3.8) is 0 Å². The normalized spacial score (nSPS) is 11.3. The Morgan fingerprint density at radius 1 is 0.317 bits per heavy atom. The van der Waals surface area contributed by atoms with Gasteiger partial charge in [0, 0.05) is 33.8 Å². The van der Waals surface area contributed by atoms with Crippen molar-refractivity contribution in [1.82, 2.24) is 0 Å². The molecule has 12 nitrogen and oxygen atoms in total. The third kappa shape index (κ3) is 10.9. The Kier molecular flexibility index (Phi) is 13.2. The van der Waals surface area contributed by atoms with Crippen LogP contribution in [-0.2, 0) is 0 Å². The highest BCUT2D eigenvalue weighted by atomic mass is 16.2. The number of azo groups is 3. The van der Waals surface area contributed by atoms with Gasteiger partial charge in [0.15, 0.2) is 0 Å². The van der Waals surface area contributed by atoms with Gasteiger partial charge < -0.3 is 16.0 Å². The van der Waals surface area contributed by atoms with Crippen LogP contribution in [0.15, 0.2) is 176 Å². The number of nitrogens with one attached hydrogen (secondary N) is 3. The molecule has 12 heteroatoms. The topological polar surface area (TPSA) is 161 Å². The number of amides is 3. The van der Waals surface area contributed by atoms with Crippen molar-refractivity contribution >= 4 is 68.9 Å². The number of hydrogen-bond donors (Lipinski definition) is 3. The van der Waals surface area contributed by atoms with E-state index in [4.69, 9.17) is 0 Å². The molecule has 3 amide bonds. The average Bonchev–Trinajstić information content (AvgIpc) is 3.27. The molecule has 0 saturated carbocycles. The number of carbonyl (C=O) groups excluding carboxylic acids is 3. The van der Waals surface area contributed by atoms with Gasteiger partial charge in [-0.15, -0.1) is 0 Å². The van der Waals surface area contributed by atoms with Crippen LogP contribution >= 0.6 is 0 Å². The fourth-order valence-corrected chi connectivity index (χ4v) is 6.52. The van der Waals surface area contributed by atoms with Gasteiger partial charge in [-0.2, -0.15) is 30.7 Å². The number of anilines is 3. The Labute approximate surface area is 366 Å². The smallest absolute Gasteiger partial charge is 0.255 e. The number of hydrogen-bond acceptors (Lipinski definition) is 9. The maximum absolute atomic E-state index is 14.0. The van der Waals surface area contributed by atoms with Crippen molar-refractivity contribution < 1.29 is 14.4 Å². The second kappa shape index (κ2) is 19.4. The highest BCUT2D eigenvalue weighted by Gasteiger charge is 2.19. The highest BCUT2D eigenvalue weighted by Crippen LogP contribution is 2.30. The van der Waals surface area contributed by atoms with Gasteiger partial charge in [-0.05, 0) is 166 Å². The molecule has 0 saturated heterocycles. The molecule has 7 rings (SSSR count). The molecule has 0 aromatic heterocycles. The zero-order chi connectivity index (χ0) is 44.5. The first-order chi connectivity index (χ1) is 30.4. The molecule has 0 aliphatic carbocycles. The van der Waals surface area contributed by atoms with Gasteiger partial charge in [0.1, 0.15) is 0 Å². The quantitative estimate of drug-likeness (QED) is 0.105. The summed E-state index contributed by atoms with van der Waals surface area (Å²) in [6.45, 7) is 11.4. The number of aryl methyl sites for hydroxylation is 6. The summed E-state index contributed by atoms with van der Waals surface area (Å²) in [4.78, 5) is 41.9. The Morgan fingerprint density at radius 2 is 0.587 bits per heavy atom. The van der Waals surface area contributed by atoms with Gasteiger partial charge in [-0.25, -0.2) is 0 Å². The van der Waals surface area contributed by atoms with E-state index < -0.39 is 17.7 Å². The molecular weight excluding hydrogens is 787 g/mol. The minimum absolute atomic E-state index is 0.0999. The predicted octanol–water partition coefficient (Wildman–Crippen LogP) is 14.5. The van der Waals surface area contributed by atoms with Crippen molar-refractivity contribution in [1.29, 1.82) is 0 Å². The summed E-state index contributed by atoms with van der Waals surface area (Å²) < 4.78 is 0. The number of nitrogens with zero attached hydrogens (tertiary/aromatic N) is 6. The molecule has 0 fully saturated rings. The molecule has 63 heavy (non-hydrogen) atoms. The van der Waals surface area contributed by atoms with E-state index in [0.717, 1.165) is 50.4 Å². The molecule has 0 radical (unpaired) electrons. The first-order valence-electron chi connectivity index (χ1n) is 20.2. The molecule has 0 atom stereocenters. The van der Waals surface area contributed by atoms with E-state index in [-0.39, 0.29) is 16.7 Å². The van der Waals surface area contributed by atoms with Crippen LogP contribution in [-0.4, -0.2) is 17.7 Å². The maximum Gasteiger partial charge on any atom is 0.255 e. The van der Waals surface area contributed by atoms with Gasteiger partial charge in [-0.1, -0.05) is 54.6 Å². The second-order valence-corrected chi connectivity index (χ2v) is 15.1. The zero-order valence-electron chi connectivity index (χ0n) is 35.8. The lowest BCUT2D eigenvalue weighted by Gasteiger charge is -2.14. The van der Waals surface area contributed by atoms with Crippen LogP contribution in [0.25, 0.3) is 0 Å². The van der Waals surface area contributed by atoms with E-state index in [2.05, 4.69) is 46.6 Å². The van der Waals surface area contributed by atoms with E-state index >= 15 is 0 Å². The Balaban J connectivity index is 1.14. The predicted molar refractivity (Wildman–Crippen MR) is 250 cm³/mol. The summed E-state index contributed by atoms with van der Waals surface area (Å²) in [7, 11) is 0. The van der Waals surface area contributed by atoms with Gasteiger partial charge in [-0.3, -0.25) is 14.4 Å². The average molecular weight is 832 g/mol. The van der Waals surface area contributed by atoms with Gasteiger partial charge in [0.25, 0.3) is 17.7 Å². The van der Waals surface area contributed by atoms with Crippen molar-refractivity contribution in [2.24, 2.45) is 30.7 Å². The number of rotatable bonds is 12. The van der Waals surface area contributed by atoms with Crippen LogP contribution in [0.3, 0.4) is 0 Å². The third-order valence-corrected chi connectivity index (χ3v) is 10.3. The molecule has 0 heterocycles. The minimum atomic E-state index is -0.518. The van der Waals surface area contributed by atoms with E-state index in [1.165, 1.54) is 18.2 Å². The molecule has 312 valence electrons. The molecule has 0 unspecified atom stereocenters. The van der Waals surface area contributed by atoms with E-state index in [0.29, 0.717) is 34.1 Å². The summed E-state index contributed by atoms with van der Waals surface area (Å²) in [6.07, 6.45) is 0. The van der Waals surface area contributed by atoms with Gasteiger partial charge in [0.2, 0.25) is 0 Å². The fraction of sp³-hybridized carbons (Fsp3) is 0.118. The molecule has 0 aliphatic rings. The number of carbonyl (C=O) groups is 3. The minimum Gasteiger partial charge on any atom is -0.322 e. The Morgan fingerprint density at radius 3 is 0.841 bits per heavy atom. The van der Waals surface area contributed by atoms with Crippen molar-refractivity contribution in [2.75, 3.05) is 16.0 Å².